The molecule has 0 saturated carbocycles. The smallest absolute Gasteiger partial charge is 0.343 e. The Morgan fingerprint density at radius 2 is 0.829 bits per heavy atom. The monoisotopic (exact) mass is 472 g/mol. The van der Waals surface area contributed by atoms with Gasteiger partial charge in [-0.1, -0.05) is 24.3 Å². The minimum atomic E-state index is -1.05. The van der Waals surface area contributed by atoms with E-state index >= 15 is 0 Å². The zero-order valence-corrected chi connectivity index (χ0v) is 18.2. The third-order valence-corrected chi connectivity index (χ3v) is 4.75. The molecule has 4 rings (SSSR count). The molecule has 0 aliphatic carbocycles. The summed E-state index contributed by atoms with van der Waals surface area (Å²) in [5.41, 5.74) is 2.41. The summed E-state index contributed by atoms with van der Waals surface area (Å²) < 4.78 is 5.28. The van der Waals surface area contributed by atoms with Crippen LogP contribution in [0.15, 0.2) is 97.1 Å². The van der Waals surface area contributed by atoms with Crippen molar-refractivity contribution in [2.45, 2.75) is 0 Å². The predicted molar refractivity (Wildman–Crippen MR) is 127 cm³/mol. The van der Waals surface area contributed by atoms with E-state index < -0.39 is 17.9 Å². The molecule has 4 aromatic rings. The second-order valence-corrected chi connectivity index (χ2v) is 7.20. The van der Waals surface area contributed by atoms with Crippen molar-refractivity contribution in [3.63, 3.8) is 0 Å². The van der Waals surface area contributed by atoms with Crippen LogP contribution < -0.4 is 4.74 Å². The molecule has 0 fully saturated rings. The lowest BCUT2D eigenvalue weighted by atomic mass is 10.1. The standard InChI is InChI=1S/C20H14O5.C7H6O3/c21-17-9-5-13(6-10-17)14-7-11-18(12-8-14)25-20(24)16-3-1-15(2-4-16)19(22)23;8-6-3-1-5(2-4-6)7(9)10/h1-12,21H,(H,22,23);1-4,8H,(H,9,10). The SMILES string of the molecule is O=C(O)c1ccc(C(=O)Oc2ccc(-c3ccc(O)cc3)cc2)cc1.O=C(O)c1ccc(O)cc1. The molecule has 176 valence electrons. The molecule has 4 N–H and O–H groups in total. The number of hydrogen-bond donors (Lipinski definition) is 4. The van der Waals surface area contributed by atoms with E-state index in [2.05, 4.69) is 0 Å². The highest BCUT2D eigenvalue weighted by Gasteiger charge is 2.10. The van der Waals surface area contributed by atoms with Crippen LogP contribution in [-0.2, 0) is 0 Å². The quantitative estimate of drug-likeness (QED) is 0.233. The van der Waals surface area contributed by atoms with E-state index in [1.165, 1.54) is 48.5 Å². The molecule has 8 nitrogen and oxygen atoms in total. The predicted octanol–water partition coefficient (Wildman–Crippen LogP) is 5.07. The number of esters is 1. The molecule has 0 bridgehead atoms. The van der Waals surface area contributed by atoms with Crippen molar-refractivity contribution in [3.8, 4) is 28.4 Å². The Morgan fingerprint density at radius 3 is 1.26 bits per heavy atom. The molecule has 0 atom stereocenters. The summed E-state index contributed by atoms with van der Waals surface area (Å²) in [6.45, 7) is 0. The summed E-state index contributed by atoms with van der Waals surface area (Å²) in [4.78, 5) is 33.1. The molecule has 0 unspecified atom stereocenters. The van der Waals surface area contributed by atoms with Crippen LogP contribution in [0.3, 0.4) is 0 Å². The first-order valence-corrected chi connectivity index (χ1v) is 10.2. The lowest BCUT2D eigenvalue weighted by Crippen LogP contribution is -2.09. The summed E-state index contributed by atoms with van der Waals surface area (Å²) >= 11 is 0. The Bertz CT molecular complexity index is 1310. The summed E-state index contributed by atoms with van der Waals surface area (Å²) in [6.07, 6.45) is 0. The normalized spacial score (nSPS) is 9.94. The number of carboxylic acid groups (broad SMARTS) is 2. The molecular weight excluding hydrogens is 452 g/mol. The van der Waals surface area contributed by atoms with Crippen LogP contribution >= 0.6 is 0 Å². The molecule has 0 aromatic heterocycles. The molecular formula is C27H20O8. The van der Waals surface area contributed by atoms with Gasteiger partial charge in [0.1, 0.15) is 17.2 Å². The highest BCUT2D eigenvalue weighted by atomic mass is 16.5. The van der Waals surface area contributed by atoms with E-state index in [1.807, 2.05) is 12.1 Å². The molecule has 8 heteroatoms. The second kappa shape index (κ2) is 11.2. The maximum Gasteiger partial charge on any atom is 0.343 e. The Labute approximate surface area is 199 Å². The van der Waals surface area contributed by atoms with Crippen molar-refractivity contribution in [2.75, 3.05) is 0 Å². The van der Waals surface area contributed by atoms with E-state index in [9.17, 15) is 19.5 Å². The Morgan fingerprint density at radius 1 is 0.486 bits per heavy atom. The van der Waals surface area contributed by atoms with E-state index in [4.69, 9.17) is 20.1 Å². The van der Waals surface area contributed by atoms with Gasteiger partial charge in [-0.15, -0.1) is 0 Å². The van der Waals surface area contributed by atoms with Crippen molar-refractivity contribution in [1.29, 1.82) is 0 Å². The minimum absolute atomic E-state index is 0.0741. The van der Waals surface area contributed by atoms with Gasteiger partial charge in [0.15, 0.2) is 0 Å². The molecule has 4 aromatic carbocycles. The van der Waals surface area contributed by atoms with Crippen LogP contribution in [0.1, 0.15) is 31.1 Å². The first-order valence-electron chi connectivity index (χ1n) is 10.2. The van der Waals surface area contributed by atoms with E-state index in [0.29, 0.717) is 5.75 Å². The third kappa shape index (κ3) is 6.93. The average molecular weight is 472 g/mol. The summed E-state index contributed by atoms with van der Waals surface area (Å²) in [7, 11) is 0. The van der Waals surface area contributed by atoms with Gasteiger partial charge >= 0.3 is 17.9 Å². The average Bonchev–Trinajstić information content (AvgIpc) is 2.86. The maximum atomic E-state index is 12.1. The third-order valence-electron chi connectivity index (χ3n) is 4.75. The van der Waals surface area contributed by atoms with Crippen LogP contribution in [0.5, 0.6) is 17.2 Å². The van der Waals surface area contributed by atoms with Gasteiger partial charge in [0, 0.05) is 0 Å². The highest BCUT2D eigenvalue weighted by Crippen LogP contribution is 2.24. The van der Waals surface area contributed by atoms with E-state index in [-0.39, 0.29) is 28.2 Å². The van der Waals surface area contributed by atoms with Crippen LogP contribution in [0.2, 0.25) is 0 Å². The van der Waals surface area contributed by atoms with E-state index in [1.54, 1.807) is 36.4 Å². The second-order valence-electron chi connectivity index (χ2n) is 7.20. The lowest BCUT2D eigenvalue weighted by molar-refractivity contribution is 0.0685. The summed E-state index contributed by atoms with van der Waals surface area (Å²) in [5, 5.41) is 35.3. The number of rotatable bonds is 5. The largest absolute Gasteiger partial charge is 0.508 e. The molecule has 0 radical (unpaired) electrons. The van der Waals surface area contributed by atoms with Crippen molar-refractivity contribution >= 4 is 17.9 Å². The van der Waals surface area contributed by atoms with Crippen LogP contribution in [-0.4, -0.2) is 38.3 Å². The zero-order chi connectivity index (χ0) is 25.4. The molecule has 0 amide bonds. The number of aromatic hydroxyl groups is 2. The number of carboxylic acids is 2. The molecule has 0 aliphatic heterocycles. The summed E-state index contributed by atoms with van der Waals surface area (Å²) in [6, 6.07) is 24.6. The first kappa shape index (κ1) is 24.5. The fraction of sp³-hybridized carbons (Fsp3) is 0. The number of phenolic OH excluding ortho intramolecular Hbond substituents is 2. The number of aromatic carboxylic acids is 2. The zero-order valence-electron chi connectivity index (χ0n) is 18.2. The highest BCUT2D eigenvalue weighted by molar-refractivity contribution is 5.93. The van der Waals surface area contributed by atoms with Gasteiger partial charge in [-0.25, -0.2) is 14.4 Å². The lowest BCUT2D eigenvalue weighted by Gasteiger charge is -2.06. The van der Waals surface area contributed by atoms with Gasteiger partial charge < -0.3 is 25.2 Å². The van der Waals surface area contributed by atoms with Crippen molar-refractivity contribution in [3.05, 3.63) is 114 Å². The summed E-state index contributed by atoms with van der Waals surface area (Å²) in [5.74, 6) is -1.94. The van der Waals surface area contributed by atoms with Crippen molar-refractivity contribution < 1.29 is 39.5 Å². The molecule has 0 spiro atoms. The number of benzene rings is 4. The van der Waals surface area contributed by atoms with Gasteiger partial charge in [0.05, 0.1) is 16.7 Å². The molecule has 0 heterocycles. The fourth-order valence-corrected chi connectivity index (χ4v) is 2.89. The van der Waals surface area contributed by atoms with Gasteiger partial charge in [0.2, 0.25) is 0 Å². The van der Waals surface area contributed by atoms with Crippen molar-refractivity contribution in [2.24, 2.45) is 0 Å². The Balaban J connectivity index is 0.000000287. The van der Waals surface area contributed by atoms with Crippen molar-refractivity contribution in [1.82, 2.24) is 0 Å². The van der Waals surface area contributed by atoms with Gasteiger partial charge in [-0.2, -0.15) is 0 Å². The first-order chi connectivity index (χ1) is 16.7. The van der Waals surface area contributed by atoms with Gasteiger partial charge in [-0.3, -0.25) is 0 Å². The van der Waals surface area contributed by atoms with Gasteiger partial charge in [0.25, 0.3) is 0 Å². The maximum absolute atomic E-state index is 12.1. The number of ether oxygens (including phenoxy) is 1. The number of phenols is 2. The number of carbonyl (C=O) groups is 3. The van der Waals surface area contributed by atoms with Crippen LogP contribution in [0.4, 0.5) is 0 Å². The number of carbonyl (C=O) groups excluding carboxylic acids is 1. The molecule has 0 saturated heterocycles. The van der Waals surface area contributed by atoms with E-state index in [0.717, 1.165) is 11.1 Å². The Hall–Kier alpha value is -5.11. The fourth-order valence-electron chi connectivity index (χ4n) is 2.89. The van der Waals surface area contributed by atoms with Gasteiger partial charge in [-0.05, 0) is 83.9 Å². The van der Waals surface area contributed by atoms with Crippen LogP contribution in [0, 0.1) is 0 Å². The van der Waals surface area contributed by atoms with Crippen LogP contribution in [0.25, 0.3) is 11.1 Å². The minimum Gasteiger partial charge on any atom is -0.508 e. The molecule has 35 heavy (non-hydrogen) atoms. The molecule has 0 aliphatic rings. The topological polar surface area (TPSA) is 141 Å². The Kier molecular flexibility index (Phi) is 7.82. The number of hydrogen-bond acceptors (Lipinski definition) is 6.